The lowest BCUT2D eigenvalue weighted by molar-refractivity contribution is 0.787. The van der Waals surface area contributed by atoms with E-state index in [0.29, 0.717) is 0 Å². The van der Waals surface area contributed by atoms with E-state index in [1.807, 2.05) is 20.8 Å². The lowest BCUT2D eigenvalue weighted by atomic mass is 10.1. The molecule has 0 saturated carbocycles. The third-order valence-corrected chi connectivity index (χ3v) is 2.17. The van der Waals surface area contributed by atoms with Gasteiger partial charge >= 0.3 is 0 Å². The monoisotopic (exact) mass is 195 g/mol. The molecule has 1 aliphatic rings. The molecule has 0 amide bonds. The normalized spacial score (nSPS) is 13.4. The second-order valence-corrected chi connectivity index (χ2v) is 3.02. The van der Waals surface area contributed by atoms with Gasteiger partial charge in [0.25, 0.3) is 5.56 Å². The van der Waals surface area contributed by atoms with Gasteiger partial charge in [0.15, 0.2) is 0 Å². The molecule has 0 aliphatic carbocycles. The van der Waals surface area contributed by atoms with E-state index < -0.39 is 0 Å². The summed E-state index contributed by atoms with van der Waals surface area (Å²) in [6, 6.07) is 0. The van der Waals surface area contributed by atoms with Gasteiger partial charge in [-0.3, -0.25) is 4.79 Å². The zero-order chi connectivity index (χ0) is 10.6. The Balaban J connectivity index is 0.000000461. The number of hydrogen-bond donors (Lipinski definition) is 2. The number of anilines is 1. The number of aromatic amines is 1. The lowest BCUT2D eigenvalue weighted by Crippen LogP contribution is -2.24. The van der Waals surface area contributed by atoms with Crippen molar-refractivity contribution in [2.24, 2.45) is 0 Å². The maximum atomic E-state index is 11.3. The Kier molecular flexibility index (Phi) is 3.68. The minimum absolute atomic E-state index is 0.0530. The van der Waals surface area contributed by atoms with Gasteiger partial charge in [-0.2, -0.15) is 5.10 Å². The quantitative estimate of drug-likeness (QED) is 0.659. The first-order valence-electron chi connectivity index (χ1n) is 5.11. The molecule has 0 radical (unpaired) electrons. The molecule has 1 aliphatic heterocycles. The van der Waals surface area contributed by atoms with Gasteiger partial charge in [-0.1, -0.05) is 13.8 Å². The summed E-state index contributed by atoms with van der Waals surface area (Å²) in [6.07, 6.45) is 1.89. The van der Waals surface area contributed by atoms with Gasteiger partial charge in [0.05, 0.1) is 11.4 Å². The number of hydrogen-bond acceptors (Lipinski definition) is 3. The average Bonchev–Trinajstić information content (AvgIpc) is 2.27. The van der Waals surface area contributed by atoms with Crippen LogP contribution in [0.25, 0.3) is 0 Å². The maximum Gasteiger partial charge on any atom is 0.269 e. The van der Waals surface area contributed by atoms with Crippen molar-refractivity contribution in [3.05, 3.63) is 21.6 Å². The van der Waals surface area contributed by atoms with Crippen LogP contribution in [0.5, 0.6) is 0 Å². The molecule has 0 bridgehead atoms. The van der Waals surface area contributed by atoms with Crippen LogP contribution in [0.2, 0.25) is 0 Å². The molecule has 0 unspecified atom stereocenters. The van der Waals surface area contributed by atoms with E-state index in [0.717, 1.165) is 36.3 Å². The van der Waals surface area contributed by atoms with Gasteiger partial charge in [-0.15, -0.1) is 0 Å². The Hall–Kier alpha value is -1.32. The van der Waals surface area contributed by atoms with E-state index in [1.165, 1.54) is 0 Å². The van der Waals surface area contributed by atoms with E-state index in [2.05, 4.69) is 15.5 Å². The Bertz CT molecular complexity index is 357. The predicted octanol–water partition coefficient (Wildman–Crippen LogP) is 1.46. The van der Waals surface area contributed by atoms with E-state index >= 15 is 0 Å². The summed E-state index contributed by atoms with van der Waals surface area (Å²) in [5.74, 6) is 0. The van der Waals surface area contributed by atoms with Crippen molar-refractivity contribution in [1.82, 2.24) is 10.2 Å². The zero-order valence-electron chi connectivity index (χ0n) is 8.98. The van der Waals surface area contributed by atoms with Crippen molar-refractivity contribution in [2.75, 3.05) is 11.9 Å². The summed E-state index contributed by atoms with van der Waals surface area (Å²) in [4.78, 5) is 11.3. The van der Waals surface area contributed by atoms with Crippen molar-refractivity contribution in [3.8, 4) is 0 Å². The largest absolute Gasteiger partial charge is 0.383 e. The zero-order valence-corrected chi connectivity index (χ0v) is 8.98. The molecule has 0 saturated heterocycles. The molecule has 1 aromatic rings. The summed E-state index contributed by atoms with van der Waals surface area (Å²) in [7, 11) is 0. The smallest absolute Gasteiger partial charge is 0.269 e. The van der Waals surface area contributed by atoms with E-state index in [-0.39, 0.29) is 5.56 Å². The molecule has 0 spiro atoms. The number of nitrogens with zero attached hydrogens (tertiary/aromatic N) is 1. The Morgan fingerprint density at radius 2 is 2.07 bits per heavy atom. The highest BCUT2D eigenvalue weighted by molar-refractivity contribution is 5.54. The first-order chi connectivity index (χ1) is 6.79. The number of nitrogens with one attached hydrogen (secondary N) is 2. The predicted molar refractivity (Wildman–Crippen MR) is 57.8 cm³/mol. The fourth-order valence-corrected chi connectivity index (χ4v) is 1.54. The van der Waals surface area contributed by atoms with Crippen molar-refractivity contribution in [3.63, 3.8) is 0 Å². The molecule has 2 heterocycles. The second kappa shape index (κ2) is 4.79. The van der Waals surface area contributed by atoms with Crippen LogP contribution in [0.3, 0.4) is 0 Å². The molecular formula is C10H17N3O. The van der Waals surface area contributed by atoms with Crippen molar-refractivity contribution < 1.29 is 0 Å². The molecule has 2 N–H and O–H groups in total. The summed E-state index contributed by atoms with van der Waals surface area (Å²) in [6.45, 7) is 6.84. The van der Waals surface area contributed by atoms with Gasteiger partial charge < -0.3 is 5.32 Å². The van der Waals surface area contributed by atoms with Crippen molar-refractivity contribution >= 4 is 5.69 Å². The van der Waals surface area contributed by atoms with Crippen LogP contribution in [-0.2, 0) is 6.42 Å². The number of fused-ring (bicyclic) bond motifs is 1. The highest BCUT2D eigenvalue weighted by atomic mass is 16.1. The van der Waals surface area contributed by atoms with Crippen molar-refractivity contribution in [1.29, 1.82) is 0 Å². The molecule has 1 aromatic heterocycles. The maximum absolute atomic E-state index is 11.3. The molecule has 0 aromatic carbocycles. The van der Waals surface area contributed by atoms with E-state index in [4.69, 9.17) is 0 Å². The van der Waals surface area contributed by atoms with Crippen LogP contribution >= 0.6 is 0 Å². The average molecular weight is 195 g/mol. The number of aryl methyl sites for hydroxylation is 1. The minimum atomic E-state index is -0.0530. The van der Waals surface area contributed by atoms with Crippen LogP contribution in [0.15, 0.2) is 4.79 Å². The second-order valence-electron chi connectivity index (χ2n) is 3.02. The first-order valence-corrected chi connectivity index (χ1v) is 5.11. The van der Waals surface area contributed by atoms with E-state index in [1.54, 1.807) is 0 Å². The number of H-pyrrole nitrogens is 1. The summed E-state index contributed by atoms with van der Waals surface area (Å²) >= 11 is 0. The summed E-state index contributed by atoms with van der Waals surface area (Å²) < 4.78 is 0. The standard InChI is InChI=1S/C8H11N3O.C2H6/c1-5-7-6(3-2-4-9-7)8(12)11-10-5;1-2/h9H,2-4H2,1H3,(H,11,12);1-2H3. The molecule has 0 fully saturated rings. The SMILES string of the molecule is CC.Cc1n[nH]c(=O)c2c1NCCC2. The summed E-state index contributed by atoms with van der Waals surface area (Å²) in [5, 5.41) is 9.56. The molecular weight excluding hydrogens is 178 g/mol. The molecule has 4 nitrogen and oxygen atoms in total. The van der Waals surface area contributed by atoms with Gasteiger partial charge in [0, 0.05) is 12.1 Å². The molecule has 78 valence electrons. The molecule has 14 heavy (non-hydrogen) atoms. The van der Waals surface area contributed by atoms with Crippen LogP contribution in [0.4, 0.5) is 5.69 Å². The third kappa shape index (κ3) is 1.95. The van der Waals surface area contributed by atoms with Crippen LogP contribution in [0, 0.1) is 6.92 Å². The topological polar surface area (TPSA) is 57.8 Å². The fourth-order valence-electron chi connectivity index (χ4n) is 1.54. The summed E-state index contributed by atoms with van der Waals surface area (Å²) in [5.41, 5.74) is 2.62. The van der Waals surface area contributed by atoms with Crippen molar-refractivity contribution in [2.45, 2.75) is 33.6 Å². The van der Waals surface area contributed by atoms with Crippen LogP contribution in [-0.4, -0.2) is 16.7 Å². The Morgan fingerprint density at radius 3 is 2.71 bits per heavy atom. The molecule has 0 atom stereocenters. The number of aromatic nitrogens is 2. The van der Waals surface area contributed by atoms with Gasteiger partial charge in [-0.05, 0) is 19.8 Å². The van der Waals surface area contributed by atoms with Gasteiger partial charge in [0.1, 0.15) is 0 Å². The Morgan fingerprint density at radius 1 is 1.36 bits per heavy atom. The third-order valence-electron chi connectivity index (χ3n) is 2.17. The van der Waals surface area contributed by atoms with E-state index in [9.17, 15) is 4.79 Å². The molecule has 4 heteroatoms. The highest BCUT2D eigenvalue weighted by Crippen LogP contribution is 2.19. The van der Waals surface area contributed by atoms with Gasteiger partial charge in [0.2, 0.25) is 0 Å². The van der Waals surface area contributed by atoms with Crippen LogP contribution < -0.4 is 10.9 Å². The highest BCUT2D eigenvalue weighted by Gasteiger charge is 2.14. The van der Waals surface area contributed by atoms with Crippen LogP contribution in [0.1, 0.15) is 31.5 Å². The fraction of sp³-hybridized carbons (Fsp3) is 0.600. The molecule has 2 rings (SSSR count). The lowest BCUT2D eigenvalue weighted by Gasteiger charge is -2.17. The Labute approximate surface area is 83.7 Å². The number of rotatable bonds is 0. The minimum Gasteiger partial charge on any atom is -0.383 e. The van der Waals surface area contributed by atoms with Gasteiger partial charge in [-0.25, -0.2) is 5.10 Å². The first kappa shape index (κ1) is 10.8.